The Hall–Kier alpha value is -0.860. The Bertz CT molecular complexity index is 557. The molecule has 6 heteroatoms. The predicted molar refractivity (Wildman–Crippen MR) is 119 cm³/mol. The van der Waals surface area contributed by atoms with E-state index in [1.165, 1.54) is 17.5 Å². The Morgan fingerprint density at radius 1 is 1.19 bits per heavy atom. The van der Waals surface area contributed by atoms with Crippen LogP contribution in [-0.2, 0) is 11.2 Å². The topological polar surface area (TPSA) is 40.1 Å². The van der Waals surface area contributed by atoms with Gasteiger partial charge in [-0.2, -0.15) is 0 Å². The lowest BCUT2D eigenvalue weighted by Crippen LogP contribution is -2.46. The van der Waals surface area contributed by atoms with E-state index in [4.69, 9.17) is 9.73 Å². The minimum absolute atomic E-state index is 0. The molecule has 1 unspecified atom stereocenters. The zero-order chi connectivity index (χ0) is 17.5. The lowest BCUT2D eigenvalue weighted by atomic mass is 10.1. The Balaban J connectivity index is 0.00000243. The molecule has 0 saturated carbocycles. The zero-order valence-electron chi connectivity index (χ0n) is 16.1. The summed E-state index contributed by atoms with van der Waals surface area (Å²) < 4.78 is 5.48. The Morgan fingerprint density at radius 3 is 2.62 bits per heavy atom. The lowest BCUT2D eigenvalue weighted by Gasteiger charge is -2.32. The Labute approximate surface area is 175 Å². The summed E-state index contributed by atoms with van der Waals surface area (Å²) in [5.74, 6) is 1.07. The second kappa shape index (κ2) is 11.1. The van der Waals surface area contributed by atoms with Gasteiger partial charge in [0.2, 0.25) is 0 Å². The first-order chi connectivity index (χ1) is 12.3. The molecule has 0 aromatic heterocycles. The Kier molecular flexibility index (Phi) is 9.15. The standard InChI is InChI=1S/C20H32N4O.HI/c1-3-21-20(22-10-8-18-6-4-17(2)5-7-18)24-11-9-19(16-24)23-12-14-25-15-13-23;/h4-7,19H,3,8-16H2,1-2H3,(H,21,22);1H. The van der Waals surface area contributed by atoms with Gasteiger partial charge in [-0.1, -0.05) is 29.8 Å². The van der Waals surface area contributed by atoms with Crippen LogP contribution in [0.5, 0.6) is 0 Å². The minimum atomic E-state index is 0. The van der Waals surface area contributed by atoms with E-state index in [2.05, 4.69) is 53.2 Å². The second-order valence-electron chi connectivity index (χ2n) is 7.01. The molecule has 0 aliphatic carbocycles. The number of hydrogen-bond acceptors (Lipinski definition) is 3. The van der Waals surface area contributed by atoms with Crippen LogP contribution in [0.25, 0.3) is 0 Å². The van der Waals surface area contributed by atoms with E-state index >= 15 is 0 Å². The highest BCUT2D eigenvalue weighted by molar-refractivity contribution is 14.0. The molecule has 0 radical (unpaired) electrons. The molecule has 1 aromatic rings. The van der Waals surface area contributed by atoms with E-state index in [0.29, 0.717) is 6.04 Å². The summed E-state index contributed by atoms with van der Waals surface area (Å²) in [5, 5.41) is 3.48. The number of aliphatic imine (C=N–C) groups is 1. The van der Waals surface area contributed by atoms with Crippen molar-refractivity contribution in [2.75, 3.05) is 52.5 Å². The summed E-state index contributed by atoms with van der Waals surface area (Å²) >= 11 is 0. The van der Waals surface area contributed by atoms with Gasteiger partial charge in [-0.05, 0) is 32.3 Å². The van der Waals surface area contributed by atoms with Gasteiger partial charge in [-0.25, -0.2) is 0 Å². The molecule has 0 bridgehead atoms. The maximum Gasteiger partial charge on any atom is 0.193 e. The first kappa shape index (κ1) is 21.4. The van der Waals surface area contributed by atoms with Crippen LogP contribution in [0.4, 0.5) is 0 Å². The average Bonchev–Trinajstić information content (AvgIpc) is 3.13. The molecule has 3 rings (SSSR count). The van der Waals surface area contributed by atoms with Crippen LogP contribution < -0.4 is 5.32 Å². The number of morpholine rings is 1. The molecule has 2 aliphatic heterocycles. The van der Waals surface area contributed by atoms with Crippen molar-refractivity contribution in [3.8, 4) is 0 Å². The molecule has 2 aliphatic rings. The van der Waals surface area contributed by atoms with Crippen LogP contribution in [0.1, 0.15) is 24.5 Å². The van der Waals surface area contributed by atoms with Gasteiger partial charge in [0.15, 0.2) is 5.96 Å². The van der Waals surface area contributed by atoms with Crippen molar-refractivity contribution in [1.29, 1.82) is 0 Å². The molecule has 1 aromatic carbocycles. The van der Waals surface area contributed by atoms with E-state index in [0.717, 1.165) is 64.9 Å². The van der Waals surface area contributed by atoms with Crippen LogP contribution in [-0.4, -0.2) is 74.3 Å². The number of rotatable bonds is 5. The fourth-order valence-corrected chi connectivity index (χ4v) is 3.65. The fraction of sp³-hybridized carbons (Fsp3) is 0.650. The minimum Gasteiger partial charge on any atom is -0.379 e. The van der Waals surface area contributed by atoms with Crippen molar-refractivity contribution in [3.63, 3.8) is 0 Å². The van der Waals surface area contributed by atoms with Crippen molar-refractivity contribution in [3.05, 3.63) is 35.4 Å². The highest BCUT2D eigenvalue weighted by atomic mass is 127. The van der Waals surface area contributed by atoms with Gasteiger partial charge in [0.1, 0.15) is 0 Å². The van der Waals surface area contributed by atoms with Crippen molar-refractivity contribution in [2.45, 2.75) is 32.7 Å². The summed E-state index contributed by atoms with van der Waals surface area (Å²) in [5.41, 5.74) is 2.67. The molecule has 5 nitrogen and oxygen atoms in total. The van der Waals surface area contributed by atoms with E-state index in [1.54, 1.807) is 0 Å². The van der Waals surface area contributed by atoms with Gasteiger partial charge in [0, 0.05) is 45.3 Å². The van der Waals surface area contributed by atoms with Crippen molar-refractivity contribution in [1.82, 2.24) is 15.1 Å². The number of guanidine groups is 1. The maximum atomic E-state index is 5.48. The molecule has 0 amide bonds. The molecule has 1 N–H and O–H groups in total. The van der Waals surface area contributed by atoms with E-state index in [-0.39, 0.29) is 24.0 Å². The molecular weight excluding hydrogens is 439 g/mol. The number of aryl methyl sites for hydroxylation is 1. The van der Waals surface area contributed by atoms with Gasteiger partial charge in [0.25, 0.3) is 0 Å². The summed E-state index contributed by atoms with van der Waals surface area (Å²) in [7, 11) is 0. The lowest BCUT2D eigenvalue weighted by molar-refractivity contribution is 0.0195. The third-order valence-electron chi connectivity index (χ3n) is 5.14. The molecule has 1 atom stereocenters. The van der Waals surface area contributed by atoms with Crippen LogP contribution in [0, 0.1) is 6.92 Å². The van der Waals surface area contributed by atoms with E-state index in [9.17, 15) is 0 Å². The van der Waals surface area contributed by atoms with Gasteiger partial charge >= 0.3 is 0 Å². The van der Waals surface area contributed by atoms with Crippen molar-refractivity contribution >= 4 is 29.9 Å². The van der Waals surface area contributed by atoms with Crippen LogP contribution in [0.2, 0.25) is 0 Å². The average molecular weight is 472 g/mol. The second-order valence-corrected chi connectivity index (χ2v) is 7.01. The molecule has 26 heavy (non-hydrogen) atoms. The summed E-state index contributed by atoms with van der Waals surface area (Å²) in [6, 6.07) is 9.42. The SMILES string of the molecule is CCNC(=NCCc1ccc(C)cc1)N1CCC(N2CCOCC2)C1.I. The van der Waals surface area contributed by atoms with Crippen LogP contribution >= 0.6 is 24.0 Å². The van der Waals surface area contributed by atoms with E-state index < -0.39 is 0 Å². The van der Waals surface area contributed by atoms with Gasteiger partial charge in [0.05, 0.1) is 13.2 Å². The highest BCUT2D eigenvalue weighted by Gasteiger charge is 2.30. The number of halogens is 1. The monoisotopic (exact) mass is 472 g/mol. The first-order valence-corrected chi connectivity index (χ1v) is 9.67. The van der Waals surface area contributed by atoms with Gasteiger partial charge in [-0.15, -0.1) is 24.0 Å². The van der Waals surface area contributed by atoms with Crippen LogP contribution in [0.3, 0.4) is 0 Å². The van der Waals surface area contributed by atoms with Crippen LogP contribution in [0.15, 0.2) is 29.3 Å². The molecule has 2 saturated heterocycles. The molecule has 2 heterocycles. The normalized spacial score (nSPS) is 21.5. The summed E-state index contributed by atoms with van der Waals surface area (Å²) in [6.45, 7) is 12.1. The summed E-state index contributed by atoms with van der Waals surface area (Å²) in [4.78, 5) is 9.89. The number of nitrogens with one attached hydrogen (secondary N) is 1. The first-order valence-electron chi connectivity index (χ1n) is 9.67. The third kappa shape index (κ3) is 6.09. The Morgan fingerprint density at radius 2 is 1.92 bits per heavy atom. The number of likely N-dealkylation sites (tertiary alicyclic amines) is 1. The largest absolute Gasteiger partial charge is 0.379 e. The van der Waals surface area contributed by atoms with Crippen molar-refractivity contribution in [2.24, 2.45) is 4.99 Å². The zero-order valence-corrected chi connectivity index (χ0v) is 18.4. The van der Waals surface area contributed by atoms with Crippen molar-refractivity contribution < 1.29 is 4.74 Å². The molecule has 2 fully saturated rings. The number of hydrogen-bond donors (Lipinski definition) is 1. The smallest absolute Gasteiger partial charge is 0.193 e. The number of benzene rings is 1. The predicted octanol–water partition coefficient (Wildman–Crippen LogP) is 2.53. The van der Waals surface area contributed by atoms with Gasteiger partial charge in [-0.3, -0.25) is 9.89 Å². The van der Waals surface area contributed by atoms with E-state index in [1.807, 2.05) is 0 Å². The van der Waals surface area contributed by atoms with Gasteiger partial charge < -0.3 is 15.0 Å². The summed E-state index contributed by atoms with van der Waals surface area (Å²) in [6.07, 6.45) is 2.22. The molecule has 146 valence electrons. The number of ether oxygens (including phenoxy) is 1. The third-order valence-corrected chi connectivity index (χ3v) is 5.14. The quantitative estimate of drug-likeness (QED) is 0.406. The number of nitrogens with zero attached hydrogens (tertiary/aromatic N) is 3. The fourth-order valence-electron chi connectivity index (χ4n) is 3.65. The molecule has 0 spiro atoms. The maximum absolute atomic E-state index is 5.48. The molecular formula is C20H33IN4O. The highest BCUT2D eigenvalue weighted by Crippen LogP contribution is 2.17.